The summed E-state index contributed by atoms with van der Waals surface area (Å²) >= 11 is 0. The molecule has 0 radical (unpaired) electrons. The summed E-state index contributed by atoms with van der Waals surface area (Å²) in [5.41, 5.74) is 0.657. The molecule has 3 rings (SSSR count). The number of Topliss-reactive ketones (excluding diaryl/α,β-unsaturated/α-hetero) is 1. The van der Waals surface area contributed by atoms with Gasteiger partial charge in [0.1, 0.15) is 0 Å². The van der Waals surface area contributed by atoms with Crippen LogP contribution in [0.25, 0.3) is 0 Å². The minimum atomic E-state index is -0.476. The van der Waals surface area contributed by atoms with Crippen LogP contribution in [0.1, 0.15) is 24.8 Å². The molecule has 2 aliphatic rings. The van der Waals surface area contributed by atoms with Crippen LogP contribution < -0.4 is 5.32 Å². The number of carbonyl (C=O) groups is 2. The molecule has 1 saturated heterocycles. The summed E-state index contributed by atoms with van der Waals surface area (Å²) in [6, 6.07) is 9.97. The molecule has 1 N–H and O–H groups in total. The summed E-state index contributed by atoms with van der Waals surface area (Å²) in [5, 5.41) is 2.67. The third kappa shape index (κ3) is 2.40. The molecular weight excluding hydrogens is 242 g/mol. The van der Waals surface area contributed by atoms with Crippen molar-refractivity contribution in [3.8, 4) is 0 Å². The molecule has 1 spiro atoms. The molecule has 19 heavy (non-hydrogen) atoms. The lowest BCUT2D eigenvalue weighted by molar-refractivity contribution is -0.159. The van der Waals surface area contributed by atoms with Crippen LogP contribution >= 0.6 is 0 Å². The molecule has 0 bridgehead atoms. The van der Waals surface area contributed by atoms with E-state index in [9.17, 15) is 9.59 Å². The molecule has 4 heteroatoms. The van der Waals surface area contributed by atoms with E-state index in [0.29, 0.717) is 25.9 Å². The van der Waals surface area contributed by atoms with Gasteiger partial charge in [-0.15, -0.1) is 0 Å². The molecule has 1 amide bonds. The summed E-state index contributed by atoms with van der Waals surface area (Å²) in [7, 11) is 0. The van der Waals surface area contributed by atoms with Crippen molar-refractivity contribution in [1.82, 2.24) is 5.32 Å². The van der Waals surface area contributed by atoms with Crippen molar-refractivity contribution in [3.05, 3.63) is 35.9 Å². The van der Waals surface area contributed by atoms with Gasteiger partial charge in [0.05, 0.1) is 24.7 Å². The van der Waals surface area contributed by atoms with E-state index in [4.69, 9.17) is 4.74 Å². The molecule has 1 aliphatic carbocycles. The second-order valence-electron chi connectivity index (χ2n) is 5.51. The summed E-state index contributed by atoms with van der Waals surface area (Å²) in [4.78, 5) is 23.3. The van der Waals surface area contributed by atoms with Crippen LogP contribution in [0.4, 0.5) is 0 Å². The van der Waals surface area contributed by atoms with Crippen molar-refractivity contribution >= 4 is 11.7 Å². The number of nitrogens with one attached hydrogen (secondary N) is 1. The van der Waals surface area contributed by atoms with E-state index in [1.165, 1.54) is 0 Å². The van der Waals surface area contributed by atoms with Gasteiger partial charge in [0, 0.05) is 6.42 Å². The highest BCUT2D eigenvalue weighted by atomic mass is 16.5. The molecule has 0 atom stereocenters. The third-order valence-corrected chi connectivity index (χ3v) is 4.03. The zero-order chi connectivity index (χ0) is 13.3. The van der Waals surface area contributed by atoms with Gasteiger partial charge < -0.3 is 10.1 Å². The number of amides is 1. The van der Waals surface area contributed by atoms with Crippen molar-refractivity contribution in [2.45, 2.75) is 32.0 Å². The van der Waals surface area contributed by atoms with Crippen LogP contribution in [-0.4, -0.2) is 24.3 Å². The average Bonchev–Trinajstić information content (AvgIpc) is 2.38. The molecule has 2 fully saturated rings. The number of benzene rings is 1. The van der Waals surface area contributed by atoms with Gasteiger partial charge in [-0.1, -0.05) is 30.3 Å². The largest absolute Gasteiger partial charge is 0.373 e. The van der Waals surface area contributed by atoms with Crippen molar-refractivity contribution in [2.24, 2.45) is 5.41 Å². The number of piperidine rings is 1. The SMILES string of the molecule is O=C1CNC(=O)C2(C1)CC(OCc1ccccc1)C2. The second kappa shape index (κ2) is 4.78. The fourth-order valence-electron chi connectivity index (χ4n) is 2.93. The predicted molar refractivity (Wildman–Crippen MR) is 69.3 cm³/mol. The van der Waals surface area contributed by atoms with E-state index in [-0.39, 0.29) is 24.3 Å². The molecule has 4 nitrogen and oxygen atoms in total. The zero-order valence-electron chi connectivity index (χ0n) is 10.7. The number of carbonyl (C=O) groups excluding carboxylic acids is 2. The van der Waals surface area contributed by atoms with Gasteiger partial charge in [-0.2, -0.15) is 0 Å². The van der Waals surface area contributed by atoms with Gasteiger partial charge in [-0.3, -0.25) is 9.59 Å². The Morgan fingerprint density at radius 1 is 1.21 bits per heavy atom. The van der Waals surface area contributed by atoms with Crippen molar-refractivity contribution in [3.63, 3.8) is 0 Å². The fourth-order valence-corrected chi connectivity index (χ4v) is 2.93. The van der Waals surface area contributed by atoms with Crippen LogP contribution in [0.5, 0.6) is 0 Å². The van der Waals surface area contributed by atoms with E-state index < -0.39 is 5.41 Å². The molecule has 1 aromatic rings. The van der Waals surface area contributed by atoms with Gasteiger partial charge in [-0.05, 0) is 18.4 Å². The maximum Gasteiger partial charge on any atom is 0.227 e. The Bertz CT molecular complexity index is 491. The van der Waals surface area contributed by atoms with Crippen LogP contribution in [0.2, 0.25) is 0 Å². The normalized spacial score (nSPS) is 30.0. The molecule has 1 saturated carbocycles. The van der Waals surface area contributed by atoms with Gasteiger partial charge in [0.25, 0.3) is 0 Å². The minimum absolute atomic E-state index is 0.0201. The predicted octanol–water partition coefficient (Wildman–Crippen LogP) is 1.44. The molecule has 100 valence electrons. The number of rotatable bonds is 3. The monoisotopic (exact) mass is 259 g/mol. The summed E-state index contributed by atoms with van der Waals surface area (Å²) in [5.74, 6) is 0.146. The van der Waals surface area contributed by atoms with E-state index in [2.05, 4.69) is 5.32 Å². The Morgan fingerprint density at radius 2 is 1.95 bits per heavy atom. The topological polar surface area (TPSA) is 55.4 Å². The standard InChI is InChI=1S/C15H17NO3/c17-12-6-15(14(18)16-9-12)7-13(8-15)19-10-11-4-2-1-3-5-11/h1-5,13H,6-10H2,(H,16,18). The summed E-state index contributed by atoms with van der Waals surface area (Å²) in [6.45, 7) is 0.757. The summed E-state index contributed by atoms with van der Waals surface area (Å²) < 4.78 is 5.78. The lowest BCUT2D eigenvalue weighted by Crippen LogP contribution is -2.58. The first kappa shape index (κ1) is 12.4. The first-order valence-corrected chi connectivity index (χ1v) is 6.63. The molecule has 1 heterocycles. The van der Waals surface area contributed by atoms with Crippen molar-refractivity contribution in [2.75, 3.05) is 6.54 Å². The van der Waals surface area contributed by atoms with E-state index in [1.54, 1.807) is 0 Å². The lowest BCUT2D eigenvalue weighted by atomic mass is 9.62. The Kier molecular flexibility index (Phi) is 3.11. The van der Waals surface area contributed by atoms with Gasteiger partial charge in [0.2, 0.25) is 5.91 Å². The third-order valence-electron chi connectivity index (χ3n) is 4.03. The first-order chi connectivity index (χ1) is 9.18. The van der Waals surface area contributed by atoms with Crippen LogP contribution in [0, 0.1) is 5.41 Å². The van der Waals surface area contributed by atoms with Crippen LogP contribution in [-0.2, 0) is 20.9 Å². The number of hydrogen-bond donors (Lipinski definition) is 1. The molecule has 0 aromatic heterocycles. The molecule has 1 aromatic carbocycles. The Hall–Kier alpha value is -1.68. The van der Waals surface area contributed by atoms with Gasteiger partial charge >= 0.3 is 0 Å². The molecule has 1 aliphatic heterocycles. The highest BCUT2D eigenvalue weighted by Gasteiger charge is 2.53. The Labute approximate surface area is 112 Å². The highest BCUT2D eigenvalue weighted by molar-refractivity contribution is 5.97. The maximum absolute atomic E-state index is 11.8. The molecular formula is C15H17NO3. The number of ether oxygens (including phenoxy) is 1. The second-order valence-corrected chi connectivity index (χ2v) is 5.51. The minimum Gasteiger partial charge on any atom is -0.373 e. The first-order valence-electron chi connectivity index (χ1n) is 6.63. The van der Waals surface area contributed by atoms with Crippen molar-refractivity contribution in [1.29, 1.82) is 0 Å². The number of hydrogen-bond acceptors (Lipinski definition) is 3. The number of ketones is 1. The van der Waals surface area contributed by atoms with Crippen molar-refractivity contribution < 1.29 is 14.3 Å². The Morgan fingerprint density at radius 3 is 2.68 bits per heavy atom. The summed E-state index contributed by atoms with van der Waals surface area (Å²) in [6.07, 6.45) is 1.80. The van der Waals surface area contributed by atoms with Gasteiger partial charge in [0.15, 0.2) is 5.78 Å². The highest BCUT2D eigenvalue weighted by Crippen LogP contribution is 2.47. The maximum atomic E-state index is 11.8. The van der Waals surface area contributed by atoms with Crippen LogP contribution in [0.15, 0.2) is 30.3 Å². The fraction of sp³-hybridized carbons (Fsp3) is 0.467. The van der Waals surface area contributed by atoms with E-state index in [0.717, 1.165) is 5.56 Å². The van der Waals surface area contributed by atoms with E-state index in [1.807, 2.05) is 30.3 Å². The Balaban J connectivity index is 1.52. The zero-order valence-corrected chi connectivity index (χ0v) is 10.7. The lowest BCUT2D eigenvalue weighted by Gasteiger charge is -2.47. The van der Waals surface area contributed by atoms with E-state index >= 15 is 0 Å². The quantitative estimate of drug-likeness (QED) is 0.893. The smallest absolute Gasteiger partial charge is 0.227 e. The average molecular weight is 259 g/mol. The van der Waals surface area contributed by atoms with Gasteiger partial charge in [-0.25, -0.2) is 0 Å². The molecule has 0 unspecified atom stereocenters. The van der Waals surface area contributed by atoms with Crippen LogP contribution in [0.3, 0.4) is 0 Å².